The fourth-order valence-corrected chi connectivity index (χ4v) is 7.34. The number of nitro groups is 1. The van der Waals surface area contributed by atoms with Gasteiger partial charge in [-0.1, -0.05) is 95.9 Å². The van der Waals surface area contributed by atoms with Crippen LogP contribution in [-0.2, 0) is 36.0 Å². The van der Waals surface area contributed by atoms with Crippen LogP contribution in [0.3, 0.4) is 0 Å². The molecule has 0 aliphatic carbocycles. The van der Waals surface area contributed by atoms with E-state index in [9.17, 15) is 23.3 Å². The first-order chi connectivity index (χ1) is 21.7. The van der Waals surface area contributed by atoms with Gasteiger partial charge in [-0.3, -0.25) is 19.8 Å². The standard InChI is InChI=1S/C32H30N4O7S2/c33-45(40,41)34-42-23-30-29(21-37)31(20-35(30)43-22-24-16-18-28(19-17-24)36(38)39)44-32(25-10-4-1-5-11-25,26-12-6-2-7-13-26)27-14-8-3-9-15-27/h1-19,30-31,34H,20,22-23H2,(H2,33,40,41)/t30-,31-/m1/s1. The SMILES string of the molecule is NS(=O)(=O)NOC[C@@H]1C(=C=O)[C@H](SC(c2ccccc2)(c2ccccc2)c2ccccc2)CN1OCc1ccc([N+](=O)[O-])cc1. The molecular formula is C32H30N4O7S2. The number of hydroxylamine groups is 2. The summed E-state index contributed by atoms with van der Waals surface area (Å²) in [5.41, 5.74) is 3.89. The van der Waals surface area contributed by atoms with Gasteiger partial charge in [-0.05, 0) is 34.4 Å². The molecule has 2 atom stereocenters. The second-order valence-corrected chi connectivity index (χ2v) is 12.9. The van der Waals surface area contributed by atoms with Gasteiger partial charge in [-0.2, -0.15) is 13.5 Å². The van der Waals surface area contributed by atoms with Gasteiger partial charge >= 0.3 is 0 Å². The number of carbonyl (C=O) groups excluding carboxylic acids is 1. The van der Waals surface area contributed by atoms with Crippen LogP contribution >= 0.6 is 11.8 Å². The molecule has 4 aromatic rings. The predicted molar refractivity (Wildman–Crippen MR) is 170 cm³/mol. The number of nitrogens with two attached hydrogens (primary N) is 1. The van der Waals surface area contributed by atoms with E-state index in [4.69, 9.17) is 14.8 Å². The number of nitrogens with one attached hydrogen (secondary N) is 1. The van der Waals surface area contributed by atoms with Gasteiger partial charge in [0.25, 0.3) is 15.9 Å². The molecule has 0 aromatic heterocycles. The zero-order valence-electron chi connectivity index (χ0n) is 23.9. The molecule has 1 fully saturated rings. The van der Waals surface area contributed by atoms with Crippen LogP contribution < -0.4 is 10.0 Å². The summed E-state index contributed by atoms with van der Waals surface area (Å²) in [6.07, 6.45) is 0. The Balaban J connectivity index is 1.53. The van der Waals surface area contributed by atoms with Crippen LogP contribution in [0.5, 0.6) is 0 Å². The molecule has 0 spiro atoms. The lowest BCUT2D eigenvalue weighted by Crippen LogP contribution is -2.39. The molecule has 1 aliphatic rings. The van der Waals surface area contributed by atoms with Crippen molar-refractivity contribution in [2.75, 3.05) is 13.2 Å². The Morgan fingerprint density at radius 2 is 1.42 bits per heavy atom. The summed E-state index contributed by atoms with van der Waals surface area (Å²) in [6.45, 7) is -0.0466. The minimum atomic E-state index is -4.17. The first kappa shape index (κ1) is 32.2. The third-order valence-corrected chi connectivity index (χ3v) is 9.44. The second-order valence-electron chi connectivity index (χ2n) is 10.2. The van der Waals surface area contributed by atoms with E-state index in [1.165, 1.54) is 12.1 Å². The summed E-state index contributed by atoms with van der Waals surface area (Å²) in [5, 5.41) is 17.2. The summed E-state index contributed by atoms with van der Waals surface area (Å²) in [5.74, 6) is 2.10. The summed E-state index contributed by atoms with van der Waals surface area (Å²) in [4.78, 5) is 36.4. The van der Waals surface area contributed by atoms with E-state index in [0.717, 1.165) is 16.7 Å². The van der Waals surface area contributed by atoms with Crippen molar-refractivity contribution in [1.29, 1.82) is 0 Å². The zero-order valence-corrected chi connectivity index (χ0v) is 25.5. The van der Waals surface area contributed by atoms with E-state index in [2.05, 4.69) is 5.94 Å². The maximum absolute atomic E-state index is 12.7. The Morgan fingerprint density at radius 3 is 1.87 bits per heavy atom. The average Bonchev–Trinajstić information content (AvgIpc) is 3.38. The lowest BCUT2D eigenvalue weighted by molar-refractivity contribution is -0.384. The smallest absolute Gasteiger partial charge is 0.293 e. The minimum Gasteiger partial charge on any atom is -0.293 e. The highest BCUT2D eigenvalue weighted by molar-refractivity contribution is 8.01. The van der Waals surface area contributed by atoms with E-state index in [1.807, 2.05) is 91.0 Å². The van der Waals surface area contributed by atoms with Crippen molar-refractivity contribution < 1.29 is 27.8 Å². The Labute approximate surface area is 264 Å². The van der Waals surface area contributed by atoms with Crippen molar-refractivity contribution in [3.05, 3.63) is 153 Å². The molecular weight excluding hydrogens is 617 g/mol. The molecule has 232 valence electrons. The summed E-state index contributed by atoms with van der Waals surface area (Å²) in [7, 11) is -4.17. The van der Waals surface area contributed by atoms with E-state index in [0.29, 0.717) is 11.1 Å². The molecule has 45 heavy (non-hydrogen) atoms. The lowest BCUT2D eigenvalue weighted by Gasteiger charge is -2.37. The van der Waals surface area contributed by atoms with Gasteiger partial charge in [0.2, 0.25) is 0 Å². The molecule has 0 radical (unpaired) electrons. The Bertz CT molecular complexity index is 1660. The molecule has 1 aliphatic heterocycles. The molecule has 0 bridgehead atoms. The first-order valence-electron chi connectivity index (χ1n) is 13.8. The van der Waals surface area contributed by atoms with E-state index in [-0.39, 0.29) is 25.4 Å². The Kier molecular flexibility index (Phi) is 10.2. The van der Waals surface area contributed by atoms with Crippen LogP contribution in [0, 0.1) is 10.1 Å². The highest BCUT2D eigenvalue weighted by Gasteiger charge is 2.47. The summed E-state index contributed by atoms with van der Waals surface area (Å²) in [6, 6.07) is 35.0. The van der Waals surface area contributed by atoms with E-state index in [1.54, 1.807) is 33.8 Å². The topological polar surface area (TPSA) is 154 Å². The molecule has 3 N–H and O–H groups in total. The van der Waals surface area contributed by atoms with Gasteiger partial charge < -0.3 is 0 Å². The number of non-ortho nitro benzene ring substituents is 1. The molecule has 13 heteroatoms. The highest BCUT2D eigenvalue weighted by atomic mass is 32.2. The van der Waals surface area contributed by atoms with Crippen molar-refractivity contribution in [2.45, 2.75) is 22.6 Å². The van der Waals surface area contributed by atoms with Crippen LogP contribution in [0.25, 0.3) is 0 Å². The fraction of sp³-hybridized carbons (Fsp3) is 0.188. The number of hydrogen-bond acceptors (Lipinski definition) is 9. The minimum absolute atomic E-state index is 0.0296. The van der Waals surface area contributed by atoms with Crippen LogP contribution in [-0.4, -0.2) is 48.8 Å². The quantitative estimate of drug-likeness (QED) is 0.0937. The average molecular weight is 647 g/mol. The molecule has 1 heterocycles. The van der Waals surface area contributed by atoms with Gasteiger partial charge in [0.1, 0.15) is 5.94 Å². The number of hydrogen-bond donors (Lipinski definition) is 2. The third-order valence-electron chi connectivity index (χ3n) is 7.34. The van der Waals surface area contributed by atoms with Crippen molar-refractivity contribution in [3.8, 4) is 0 Å². The number of rotatable bonds is 13. The largest absolute Gasteiger partial charge is 0.296 e. The summed E-state index contributed by atoms with van der Waals surface area (Å²) < 4.78 is 22.2. The van der Waals surface area contributed by atoms with Crippen LogP contribution in [0.4, 0.5) is 5.69 Å². The Morgan fingerprint density at radius 1 is 0.911 bits per heavy atom. The molecule has 5 rings (SSSR count). The van der Waals surface area contributed by atoms with Crippen molar-refractivity contribution in [3.63, 3.8) is 0 Å². The van der Waals surface area contributed by atoms with E-state index < -0.39 is 31.2 Å². The van der Waals surface area contributed by atoms with Gasteiger partial charge in [-0.15, -0.1) is 11.8 Å². The lowest BCUT2D eigenvalue weighted by atomic mass is 9.84. The molecule has 11 nitrogen and oxygen atoms in total. The second kappa shape index (κ2) is 14.3. The summed E-state index contributed by atoms with van der Waals surface area (Å²) >= 11 is 1.55. The number of benzene rings is 4. The molecule has 0 unspecified atom stereocenters. The van der Waals surface area contributed by atoms with Crippen LogP contribution in [0.15, 0.2) is 121 Å². The van der Waals surface area contributed by atoms with Gasteiger partial charge in [0, 0.05) is 18.7 Å². The third kappa shape index (κ3) is 7.56. The van der Waals surface area contributed by atoms with Gasteiger partial charge in [0.15, 0.2) is 0 Å². The first-order valence-corrected chi connectivity index (χ1v) is 16.3. The molecule has 0 amide bonds. The maximum atomic E-state index is 12.7. The van der Waals surface area contributed by atoms with Crippen LogP contribution in [0.2, 0.25) is 0 Å². The van der Waals surface area contributed by atoms with Gasteiger partial charge in [0.05, 0.1) is 39.7 Å². The maximum Gasteiger partial charge on any atom is 0.296 e. The van der Waals surface area contributed by atoms with Crippen LogP contribution in [0.1, 0.15) is 22.3 Å². The van der Waals surface area contributed by atoms with Crippen molar-refractivity contribution >= 4 is 33.6 Å². The predicted octanol–water partition coefficient (Wildman–Crippen LogP) is 4.29. The van der Waals surface area contributed by atoms with Crippen molar-refractivity contribution in [1.82, 2.24) is 9.95 Å². The normalized spacial score (nSPS) is 17.2. The highest BCUT2D eigenvalue weighted by Crippen LogP contribution is 2.52. The molecule has 1 saturated heterocycles. The molecule has 0 saturated carbocycles. The monoisotopic (exact) mass is 646 g/mol. The number of nitro benzene ring substituents is 1. The van der Waals surface area contributed by atoms with E-state index >= 15 is 0 Å². The number of thioether (sulfide) groups is 1. The fourth-order valence-electron chi connectivity index (χ4n) is 5.31. The van der Waals surface area contributed by atoms with Gasteiger partial charge in [-0.25, -0.2) is 9.93 Å². The molecule has 4 aromatic carbocycles. The number of nitrogens with zero attached hydrogens (tertiary/aromatic N) is 2. The zero-order chi connectivity index (χ0) is 31.9. The van der Waals surface area contributed by atoms with Crippen molar-refractivity contribution in [2.24, 2.45) is 5.14 Å². The Hall–Kier alpha value is -4.17.